The molecule has 4 rings (SSSR count). The molecule has 1 aromatic heterocycles. The van der Waals surface area contributed by atoms with Crippen LogP contribution in [0.3, 0.4) is 0 Å². The quantitative estimate of drug-likeness (QED) is 0.578. The number of anilines is 1. The average Bonchev–Trinajstić information content (AvgIpc) is 3.39. The first-order valence-electron chi connectivity index (χ1n) is 9.93. The molecule has 1 fully saturated rings. The van der Waals surface area contributed by atoms with E-state index in [0.29, 0.717) is 23.2 Å². The molecule has 7 nitrogen and oxygen atoms in total. The van der Waals surface area contributed by atoms with Crippen molar-refractivity contribution < 1.29 is 18.7 Å². The second kappa shape index (κ2) is 9.16. The second-order valence-electron chi connectivity index (χ2n) is 7.34. The number of ether oxygens (including phenoxy) is 1. The monoisotopic (exact) mass is 450 g/mol. The Kier molecular flexibility index (Phi) is 6.14. The van der Waals surface area contributed by atoms with Gasteiger partial charge in [-0.1, -0.05) is 24.3 Å². The Labute approximate surface area is 187 Å². The van der Waals surface area contributed by atoms with E-state index < -0.39 is 23.9 Å². The van der Waals surface area contributed by atoms with E-state index in [1.54, 1.807) is 12.1 Å². The van der Waals surface area contributed by atoms with E-state index in [9.17, 15) is 14.0 Å². The number of cyclic esters (lactones) is 1. The van der Waals surface area contributed by atoms with Crippen molar-refractivity contribution in [3.8, 4) is 27.8 Å². The van der Waals surface area contributed by atoms with Crippen LogP contribution < -0.4 is 10.6 Å². The van der Waals surface area contributed by atoms with Crippen molar-refractivity contribution >= 4 is 29.0 Å². The highest BCUT2D eigenvalue weighted by molar-refractivity contribution is 7.13. The van der Waals surface area contributed by atoms with E-state index in [2.05, 4.69) is 11.1 Å². The Morgan fingerprint density at radius 3 is 2.72 bits per heavy atom. The largest absolute Gasteiger partial charge is 0.444 e. The number of primary amides is 1. The molecule has 162 valence electrons. The number of amides is 2. The first-order chi connectivity index (χ1) is 15.4. The number of benzene rings is 2. The van der Waals surface area contributed by atoms with Crippen LogP contribution in [0.4, 0.5) is 14.9 Å². The lowest BCUT2D eigenvalue weighted by molar-refractivity contribution is -0.118. The van der Waals surface area contributed by atoms with Gasteiger partial charge in [0, 0.05) is 22.9 Å². The van der Waals surface area contributed by atoms with Crippen molar-refractivity contribution in [2.24, 2.45) is 5.73 Å². The summed E-state index contributed by atoms with van der Waals surface area (Å²) in [5, 5.41) is 11.4. The van der Waals surface area contributed by atoms with E-state index in [1.165, 1.54) is 22.3 Å². The van der Waals surface area contributed by atoms with Gasteiger partial charge in [-0.2, -0.15) is 5.26 Å². The molecule has 1 atom stereocenters. The highest BCUT2D eigenvalue weighted by Gasteiger charge is 2.32. The standard InChI is InChI=1S/C23H19FN4O3S/c24-20-11-17(28-12-18(31-23(28)30)6-8-21(26)29)5-7-19(20)14-1-3-15(4-2-14)22-27-16(9-10-25)13-32-22/h1-5,7,11,13,18H,6,8-9,12H2,(H2,26,29)/t18-/m0/s1. The predicted octanol–water partition coefficient (Wildman–Crippen LogP) is 4.27. The number of hydrogen-bond acceptors (Lipinski definition) is 6. The van der Waals surface area contributed by atoms with Gasteiger partial charge in [-0.25, -0.2) is 14.2 Å². The van der Waals surface area contributed by atoms with Crippen LogP contribution in [0.25, 0.3) is 21.7 Å². The Hall–Kier alpha value is -3.77. The van der Waals surface area contributed by atoms with Crippen LogP contribution >= 0.6 is 11.3 Å². The lowest BCUT2D eigenvalue weighted by Crippen LogP contribution is -2.25. The molecule has 1 aliphatic heterocycles. The first-order valence-corrected chi connectivity index (χ1v) is 10.8. The van der Waals surface area contributed by atoms with Gasteiger partial charge in [0.2, 0.25) is 5.91 Å². The van der Waals surface area contributed by atoms with Crippen LogP contribution in [0.2, 0.25) is 0 Å². The third-order valence-corrected chi connectivity index (χ3v) is 6.05. The van der Waals surface area contributed by atoms with Crippen molar-refractivity contribution in [2.75, 3.05) is 11.4 Å². The lowest BCUT2D eigenvalue weighted by Gasteiger charge is -2.14. The molecule has 0 unspecified atom stereocenters. The smallest absolute Gasteiger partial charge is 0.414 e. The molecule has 2 aromatic carbocycles. The summed E-state index contributed by atoms with van der Waals surface area (Å²) in [6, 6.07) is 14.0. The molecular formula is C23H19FN4O3S. The van der Waals surface area contributed by atoms with Gasteiger partial charge < -0.3 is 10.5 Å². The van der Waals surface area contributed by atoms with Gasteiger partial charge >= 0.3 is 6.09 Å². The number of carbonyl (C=O) groups excluding carboxylic acids is 2. The molecule has 1 saturated heterocycles. The molecule has 2 amide bonds. The van der Waals surface area contributed by atoms with Crippen molar-refractivity contribution in [2.45, 2.75) is 25.4 Å². The number of aromatic nitrogens is 1. The van der Waals surface area contributed by atoms with Gasteiger partial charge in [0.15, 0.2) is 0 Å². The number of carbonyl (C=O) groups is 2. The van der Waals surface area contributed by atoms with E-state index in [0.717, 1.165) is 16.3 Å². The zero-order chi connectivity index (χ0) is 22.7. The van der Waals surface area contributed by atoms with Crippen LogP contribution in [-0.2, 0) is 16.0 Å². The van der Waals surface area contributed by atoms with Crippen LogP contribution in [0.5, 0.6) is 0 Å². The summed E-state index contributed by atoms with van der Waals surface area (Å²) in [6.07, 6.45) is -0.306. The Bertz CT molecular complexity index is 1200. The van der Waals surface area contributed by atoms with E-state index in [1.807, 2.05) is 29.6 Å². The fourth-order valence-corrected chi connectivity index (χ4v) is 4.31. The van der Waals surface area contributed by atoms with E-state index >= 15 is 0 Å². The van der Waals surface area contributed by atoms with Crippen LogP contribution in [-0.4, -0.2) is 29.6 Å². The highest BCUT2D eigenvalue weighted by atomic mass is 32.1. The van der Waals surface area contributed by atoms with Gasteiger partial charge in [0.25, 0.3) is 0 Å². The highest BCUT2D eigenvalue weighted by Crippen LogP contribution is 2.31. The third-order valence-electron chi connectivity index (χ3n) is 5.11. The maximum atomic E-state index is 14.9. The van der Waals surface area contributed by atoms with E-state index in [4.69, 9.17) is 15.7 Å². The maximum absolute atomic E-state index is 14.9. The minimum Gasteiger partial charge on any atom is -0.444 e. The molecule has 0 saturated carbocycles. The topological polar surface area (TPSA) is 109 Å². The van der Waals surface area contributed by atoms with Crippen LogP contribution in [0.1, 0.15) is 18.5 Å². The van der Waals surface area contributed by atoms with Gasteiger partial charge in [-0.3, -0.25) is 9.69 Å². The van der Waals surface area contributed by atoms with Crippen molar-refractivity contribution in [3.05, 3.63) is 59.4 Å². The molecule has 1 aliphatic rings. The van der Waals surface area contributed by atoms with Gasteiger partial charge in [0.1, 0.15) is 16.9 Å². The van der Waals surface area contributed by atoms with E-state index in [-0.39, 0.29) is 19.4 Å². The van der Waals surface area contributed by atoms with Crippen LogP contribution in [0, 0.1) is 17.1 Å². The summed E-state index contributed by atoms with van der Waals surface area (Å²) in [5.41, 5.74) is 8.25. The zero-order valence-electron chi connectivity index (χ0n) is 17.0. The fraction of sp³-hybridized carbons (Fsp3) is 0.217. The van der Waals surface area contributed by atoms with Gasteiger partial charge in [-0.05, 0) is 30.2 Å². The van der Waals surface area contributed by atoms with Crippen molar-refractivity contribution in [3.63, 3.8) is 0 Å². The number of hydrogen-bond donors (Lipinski definition) is 1. The first kappa shape index (κ1) is 21.5. The molecule has 2 heterocycles. The number of nitrogens with two attached hydrogens (primary N) is 1. The van der Waals surface area contributed by atoms with Gasteiger partial charge in [0.05, 0.1) is 30.4 Å². The molecule has 9 heteroatoms. The molecular weight excluding hydrogens is 431 g/mol. The number of nitriles is 1. The third kappa shape index (κ3) is 4.60. The lowest BCUT2D eigenvalue weighted by atomic mass is 10.0. The maximum Gasteiger partial charge on any atom is 0.414 e. The Morgan fingerprint density at radius 1 is 1.28 bits per heavy atom. The minimum atomic E-state index is -0.574. The average molecular weight is 450 g/mol. The number of halogens is 1. The Morgan fingerprint density at radius 2 is 2.03 bits per heavy atom. The summed E-state index contributed by atoms with van der Waals surface area (Å²) in [4.78, 5) is 28.9. The van der Waals surface area contributed by atoms with Crippen molar-refractivity contribution in [1.82, 2.24) is 4.98 Å². The normalized spacial score (nSPS) is 15.4. The summed E-state index contributed by atoms with van der Waals surface area (Å²) in [6.45, 7) is 0.237. The zero-order valence-corrected chi connectivity index (χ0v) is 17.8. The predicted molar refractivity (Wildman–Crippen MR) is 118 cm³/mol. The number of thiazole rings is 1. The summed E-state index contributed by atoms with van der Waals surface area (Å²) >= 11 is 1.46. The minimum absolute atomic E-state index is 0.121. The molecule has 0 bridgehead atoms. The molecule has 3 aromatic rings. The SMILES string of the molecule is N#CCc1csc(-c2ccc(-c3ccc(N4C[C@H](CCC(N)=O)OC4=O)cc3F)cc2)n1. The molecule has 2 N–H and O–H groups in total. The Balaban J connectivity index is 1.49. The summed E-state index contributed by atoms with van der Waals surface area (Å²) in [5.74, 6) is -0.924. The van der Waals surface area contributed by atoms with Gasteiger partial charge in [-0.15, -0.1) is 11.3 Å². The second-order valence-corrected chi connectivity index (χ2v) is 8.20. The molecule has 0 spiro atoms. The summed E-state index contributed by atoms with van der Waals surface area (Å²) in [7, 11) is 0. The summed E-state index contributed by atoms with van der Waals surface area (Å²) < 4.78 is 20.1. The molecule has 32 heavy (non-hydrogen) atoms. The molecule has 0 aliphatic carbocycles. The number of rotatable bonds is 7. The molecule has 0 radical (unpaired) electrons. The number of nitrogens with zero attached hydrogens (tertiary/aromatic N) is 3. The van der Waals surface area contributed by atoms with Crippen LogP contribution in [0.15, 0.2) is 47.8 Å². The van der Waals surface area contributed by atoms with Crippen molar-refractivity contribution in [1.29, 1.82) is 5.26 Å². The fourth-order valence-electron chi connectivity index (χ4n) is 3.49.